The van der Waals surface area contributed by atoms with E-state index in [0.717, 1.165) is 44.0 Å². The van der Waals surface area contributed by atoms with Crippen LogP contribution in [0.1, 0.15) is 25.3 Å². The number of rotatable bonds is 1. The third-order valence-electron chi connectivity index (χ3n) is 4.60. The Bertz CT molecular complexity index is 533. The van der Waals surface area contributed by atoms with Crippen LogP contribution in [0.2, 0.25) is 0 Å². The van der Waals surface area contributed by atoms with Gasteiger partial charge in [-0.1, -0.05) is 0 Å². The summed E-state index contributed by atoms with van der Waals surface area (Å²) in [5.74, 6) is 0.914. The van der Waals surface area contributed by atoms with Gasteiger partial charge in [0.25, 0.3) is 0 Å². The number of aryl methyl sites for hydroxylation is 1. The van der Waals surface area contributed by atoms with Crippen LogP contribution in [0.3, 0.4) is 0 Å². The molecule has 1 aromatic heterocycles. The second-order valence-corrected chi connectivity index (χ2v) is 6.58. The lowest BCUT2D eigenvalue weighted by atomic mass is 9.80. The largest absolute Gasteiger partial charge is 0.379 e. The van der Waals surface area contributed by atoms with Gasteiger partial charge in [0.05, 0.1) is 13.2 Å². The lowest BCUT2D eigenvalue weighted by Gasteiger charge is -2.43. The highest BCUT2D eigenvalue weighted by Crippen LogP contribution is 2.34. The van der Waals surface area contributed by atoms with Gasteiger partial charge in [-0.25, -0.2) is 9.97 Å². The average Bonchev–Trinajstić information content (AvgIpc) is 2.71. The minimum Gasteiger partial charge on any atom is -0.379 e. The molecule has 0 unspecified atom stereocenters. The van der Waals surface area contributed by atoms with Gasteiger partial charge in [0.15, 0.2) is 0 Å². The van der Waals surface area contributed by atoms with Gasteiger partial charge >= 0.3 is 0 Å². The molecule has 3 rings (SSSR count). The van der Waals surface area contributed by atoms with Crippen molar-refractivity contribution >= 4 is 11.9 Å². The molecule has 0 radical (unpaired) electrons. The minimum absolute atomic E-state index is 0.00529. The summed E-state index contributed by atoms with van der Waals surface area (Å²) in [5, 5.41) is 0. The topological polar surface area (TPSA) is 58.6 Å². The van der Waals surface area contributed by atoms with E-state index < -0.39 is 0 Å². The van der Waals surface area contributed by atoms with Crippen molar-refractivity contribution in [2.75, 3.05) is 44.3 Å². The second-order valence-electron chi connectivity index (χ2n) is 6.58. The monoisotopic (exact) mass is 304 g/mol. The summed E-state index contributed by atoms with van der Waals surface area (Å²) in [6, 6.07) is 0. The molecule has 2 saturated heterocycles. The van der Waals surface area contributed by atoms with Crippen LogP contribution in [0.25, 0.3) is 0 Å². The zero-order valence-electron chi connectivity index (χ0n) is 13.4. The molecule has 0 N–H and O–H groups in total. The molecule has 120 valence electrons. The maximum Gasteiger partial charge on any atom is 0.225 e. The summed E-state index contributed by atoms with van der Waals surface area (Å²) >= 11 is 0. The number of hydrogen-bond acceptors (Lipinski definition) is 5. The lowest BCUT2D eigenvalue weighted by Crippen LogP contribution is -2.51. The van der Waals surface area contributed by atoms with Gasteiger partial charge in [-0.15, -0.1) is 0 Å². The first kappa shape index (κ1) is 15.2. The molecule has 0 aliphatic carbocycles. The van der Waals surface area contributed by atoms with E-state index in [4.69, 9.17) is 4.74 Å². The highest BCUT2D eigenvalue weighted by Gasteiger charge is 2.40. The average molecular weight is 304 g/mol. The maximum absolute atomic E-state index is 11.8. The molecule has 6 nitrogen and oxygen atoms in total. The molecule has 1 aromatic rings. The van der Waals surface area contributed by atoms with Crippen LogP contribution in [0.15, 0.2) is 12.4 Å². The van der Waals surface area contributed by atoms with E-state index in [9.17, 15) is 4.79 Å². The first-order valence-corrected chi connectivity index (χ1v) is 7.95. The van der Waals surface area contributed by atoms with Crippen molar-refractivity contribution < 1.29 is 9.53 Å². The molecule has 22 heavy (non-hydrogen) atoms. The predicted octanol–water partition coefficient (Wildman–Crippen LogP) is 1.25. The summed E-state index contributed by atoms with van der Waals surface area (Å²) in [6.45, 7) is 8.24. The van der Waals surface area contributed by atoms with E-state index in [2.05, 4.69) is 14.9 Å². The number of carbonyl (C=O) groups excluding carboxylic acids is 1. The third kappa shape index (κ3) is 3.21. The first-order chi connectivity index (χ1) is 10.6. The minimum atomic E-state index is -0.00529. The Morgan fingerprint density at radius 3 is 2.77 bits per heavy atom. The van der Waals surface area contributed by atoms with Crippen molar-refractivity contribution in [1.29, 1.82) is 0 Å². The Kier molecular flexibility index (Phi) is 4.29. The third-order valence-corrected chi connectivity index (χ3v) is 4.60. The van der Waals surface area contributed by atoms with E-state index in [1.807, 2.05) is 24.2 Å². The number of anilines is 1. The van der Waals surface area contributed by atoms with Gasteiger partial charge in [0.2, 0.25) is 11.9 Å². The molecule has 2 aliphatic rings. The standard InChI is InChI=1S/C16H24N4O2/c1-13-8-17-15(18-9-13)20-5-3-4-16(11-20)10-19(14(2)21)6-7-22-12-16/h8-9H,3-7,10-12H2,1-2H3/t16-/m1/s1. The SMILES string of the molecule is CC(=O)N1CCOC[C@]2(CCCN(c3ncc(C)cn3)C2)C1. The Morgan fingerprint density at radius 1 is 1.27 bits per heavy atom. The van der Waals surface area contributed by atoms with E-state index in [1.165, 1.54) is 0 Å². The summed E-state index contributed by atoms with van der Waals surface area (Å²) < 4.78 is 5.81. The van der Waals surface area contributed by atoms with Crippen molar-refractivity contribution in [2.24, 2.45) is 5.41 Å². The Balaban J connectivity index is 1.78. The van der Waals surface area contributed by atoms with Gasteiger partial charge in [-0.3, -0.25) is 4.79 Å². The van der Waals surface area contributed by atoms with Crippen molar-refractivity contribution in [1.82, 2.24) is 14.9 Å². The number of carbonyl (C=O) groups is 1. The fraction of sp³-hybridized carbons (Fsp3) is 0.688. The molecule has 2 aliphatic heterocycles. The Labute approximate surface area is 131 Å². The summed E-state index contributed by atoms with van der Waals surface area (Å²) in [4.78, 5) is 24.9. The molecular weight excluding hydrogens is 280 g/mol. The van der Waals surface area contributed by atoms with Crippen LogP contribution < -0.4 is 4.90 Å². The highest BCUT2D eigenvalue weighted by atomic mass is 16.5. The van der Waals surface area contributed by atoms with Crippen molar-refractivity contribution in [3.05, 3.63) is 18.0 Å². The van der Waals surface area contributed by atoms with Crippen LogP contribution >= 0.6 is 0 Å². The van der Waals surface area contributed by atoms with Crippen molar-refractivity contribution in [3.8, 4) is 0 Å². The number of nitrogens with zero attached hydrogens (tertiary/aromatic N) is 4. The molecule has 3 heterocycles. The summed E-state index contributed by atoms with van der Waals surface area (Å²) in [6.07, 6.45) is 5.87. The molecule has 0 saturated carbocycles. The number of piperidine rings is 1. The molecule has 2 fully saturated rings. The van der Waals surface area contributed by atoms with Gasteiger partial charge < -0.3 is 14.5 Å². The number of amides is 1. The van der Waals surface area contributed by atoms with Gasteiger partial charge in [-0.05, 0) is 25.3 Å². The van der Waals surface area contributed by atoms with Crippen molar-refractivity contribution in [3.63, 3.8) is 0 Å². The van der Waals surface area contributed by atoms with Crippen LogP contribution in [0, 0.1) is 12.3 Å². The number of ether oxygens (including phenoxy) is 1. The highest BCUT2D eigenvalue weighted by molar-refractivity contribution is 5.73. The van der Waals surface area contributed by atoms with E-state index in [-0.39, 0.29) is 11.3 Å². The summed E-state index contributed by atoms with van der Waals surface area (Å²) in [7, 11) is 0. The van der Waals surface area contributed by atoms with Crippen LogP contribution in [-0.2, 0) is 9.53 Å². The molecule has 1 atom stereocenters. The van der Waals surface area contributed by atoms with E-state index in [1.54, 1.807) is 6.92 Å². The first-order valence-electron chi connectivity index (χ1n) is 7.95. The quantitative estimate of drug-likeness (QED) is 0.781. The maximum atomic E-state index is 11.8. The fourth-order valence-electron chi connectivity index (χ4n) is 3.44. The van der Waals surface area contributed by atoms with E-state index in [0.29, 0.717) is 19.8 Å². The lowest BCUT2D eigenvalue weighted by molar-refractivity contribution is -0.130. The number of aromatic nitrogens is 2. The van der Waals surface area contributed by atoms with Crippen molar-refractivity contribution in [2.45, 2.75) is 26.7 Å². The predicted molar refractivity (Wildman–Crippen MR) is 83.7 cm³/mol. The van der Waals surface area contributed by atoms with Crippen LogP contribution in [-0.4, -0.2) is 60.2 Å². The zero-order valence-corrected chi connectivity index (χ0v) is 13.4. The van der Waals surface area contributed by atoms with Crippen LogP contribution in [0.4, 0.5) is 5.95 Å². The van der Waals surface area contributed by atoms with Crippen LogP contribution in [0.5, 0.6) is 0 Å². The number of hydrogen-bond donors (Lipinski definition) is 0. The van der Waals surface area contributed by atoms with Gasteiger partial charge in [0.1, 0.15) is 0 Å². The molecule has 6 heteroatoms. The summed E-state index contributed by atoms with van der Waals surface area (Å²) in [5.41, 5.74) is 1.06. The smallest absolute Gasteiger partial charge is 0.225 e. The molecule has 0 aromatic carbocycles. The Morgan fingerprint density at radius 2 is 2.05 bits per heavy atom. The van der Waals surface area contributed by atoms with E-state index >= 15 is 0 Å². The molecule has 1 amide bonds. The van der Waals surface area contributed by atoms with Gasteiger partial charge in [-0.2, -0.15) is 0 Å². The second kappa shape index (κ2) is 6.20. The van der Waals surface area contributed by atoms with Gasteiger partial charge in [0, 0.05) is 50.9 Å². The molecule has 0 bridgehead atoms. The molecular formula is C16H24N4O2. The zero-order chi connectivity index (χ0) is 15.6. The normalized spacial score (nSPS) is 26.1. The fourth-order valence-corrected chi connectivity index (χ4v) is 3.44. The molecule has 1 spiro atoms. The Hall–Kier alpha value is -1.69.